The van der Waals surface area contributed by atoms with E-state index in [2.05, 4.69) is 54.0 Å². The summed E-state index contributed by atoms with van der Waals surface area (Å²) < 4.78 is 6.03. The number of nitrogens with one attached hydrogen (secondary N) is 2. The Balaban J connectivity index is 0.00000225. The number of rotatable bonds is 4. The standard InChI is InChI=1S/C23H28N2O2.ClH/c1-16-6-5-7-17(14-16)15-20(26)25-21-18-8-3-4-9-19(18)23(22(21)27-2)10-12-24-13-11-23;/h3-9,14,21-22,24H,10-13,15H2,1-2H3,(H,25,26);1H/t21-,22+;/m1./s1. The highest BCUT2D eigenvalue weighted by Gasteiger charge is 2.53. The van der Waals surface area contributed by atoms with Crippen molar-refractivity contribution in [3.63, 3.8) is 0 Å². The van der Waals surface area contributed by atoms with E-state index >= 15 is 0 Å². The molecule has 0 aromatic heterocycles. The number of piperidine rings is 1. The molecule has 1 aliphatic carbocycles. The molecule has 1 saturated heterocycles. The predicted octanol–water partition coefficient (Wildman–Crippen LogP) is 3.47. The van der Waals surface area contributed by atoms with Crippen LogP contribution in [-0.2, 0) is 21.4 Å². The van der Waals surface area contributed by atoms with E-state index < -0.39 is 0 Å². The number of hydrogen-bond acceptors (Lipinski definition) is 3. The molecule has 1 aliphatic heterocycles. The third-order valence-corrected chi connectivity index (χ3v) is 6.19. The summed E-state index contributed by atoms with van der Waals surface area (Å²) in [6.45, 7) is 4.02. The summed E-state index contributed by atoms with van der Waals surface area (Å²) in [5, 5.41) is 6.75. The Morgan fingerprint density at radius 2 is 1.93 bits per heavy atom. The van der Waals surface area contributed by atoms with Gasteiger partial charge in [0.25, 0.3) is 0 Å². The topological polar surface area (TPSA) is 50.4 Å². The van der Waals surface area contributed by atoms with Crippen molar-refractivity contribution >= 4 is 18.3 Å². The fraction of sp³-hybridized carbons (Fsp3) is 0.435. The Bertz CT molecular complexity index is 833. The van der Waals surface area contributed by atoms with Crippen LogP contribution in [0.3, 0.4) is 0 Å². The Kier molecular flexibility index (Phi) is 6.43. The van der Waals surface area contributed by atoms with Crippen LogP contribution in [0.25, 0.3) is 0 Å². The van der Waals surface area contributed by atoms with Gasteiger partial charge in [0.1, 0.15) is 0 Å². The Labute approximate surface area is 173 Å². The first-order valence-electron chi connectivity index (χ1n) is 9.82. The van der Waals surface area contributed by atoms with Gasteiger partial charge in [-0.2, -0.15) is 0 Å². The van der Waals surface area contributed by atoms with Crippen molar-refractivity contribution in [3.05, 3.63) is 70.8 Å². The highest BCUT2D eigenvalue weighted by Crippen LogP contribution is 2.51. The molecular formula is C23H29ClN2O2. The fourth-order valence-electron chi connectivity index (χ4n) is 5.03. The number of amides is 1. The van der Waals surface area contributed by atoms with E-state index in [1.807, 2.05) is 12.1 Å². The monoisotopic (exact) mass is 400 g/mol. The highest BCUT2D eigenvalue weighted by molar-refractivity contribution is 5.85. The SMILES string of the molecule is CO[C@H]1[C@H](NC(=O)Cc2cccc(C)c2)c2ccccc2C12CCNCC2.Cl. The molecule has 1 fully saturated rings. The van der Waals surface area contributed by atoms with Crippen LogP contribution < -0.4 is 10.6 Å². The quantitative estimate of drug-likeness (QED) is 0.826. The van der Waals surface area contributed by atoms with Gasteiger partial charge in [0.2, 0.25) is 5.91 Å². The molecule has 0 bridgehead atoms. The fourth-order valence-corrected chi connectivity index (χ4v) is 5.03. The number of aryl methyl sites for hydroxylation is 1. The number of methoxy groups -OCH3 is 1. The van der Waals surface area contributed by atoms with E-state index in [9.17, 15) is 4.79 Å². The minimum atomic E-state index is -0.0957. The maximum absolute atomic E-state index is 12.8. The number of carbonyl (C=O) groups is 1. The van der Waals surface area contributed by atoms with Crippen LogP contribution in [0, 0.1) is 6.92 Å². The number of fused-ring (bicyclic) bond motifs is 2. The summed E-state index contributed by atoms with van der Waals surface area (Å²) in [5.41, 5.74) is 4.76. The third-order valence-electron chi connectivity index (χ3n) is 6.19. The molecule has 2 aromatic carbocycles. The molecule has 0 saturated carbocycles. The molecule has 2 atom stereocenters. The van der Waals surface area contributed by atoms with Gasteiger partial charge < -0.3 is 15.4 Å². The summed E-state index contributed by atoms with van der Waals surface area (Å²) in [6.07, 6.45) is 2.43. The second-order valence-electron chi connectivity index (χ2n) is 7.86. The first-order chi connectivity index (χ1) is 13.1. The number of halogens is 1. The second-order valence-corrected chi connectivity index (χ2v) is 7.86. The van der Waals surface area contributed by atoms with Gasteiger partial charge >= 0.3 is 0 Å². The summed E-state index contributed by atoms with van der Waals surface area (Å²) in [4.78, 5) is 12.8. The van der Waals surface area contributed by atoms with Crippen molar-refractivity contribution < 1.29 is 9.53 Å². The van der Waals surface area contributed by atoms with Gasteiger partial charge in [-0.15, -0.1) is 12.4 Å². The van der Waals surface area contributed by atoms with Crippen LogP contribution in [0.2, 0.25) is 0 Å². The van der Waals surface area contributed by atoms with E-state index in [1.54, 1.807) is 7.11 Å². The first kappa shape index (κ1) is 20.8. The smallest absolute Gasteiger partial charge is 0.224 e. The minimum Gasteiger partial charge on any atom is -0.378 e. The molecule has 0 unspecified atom stereocenters. The molecule has 0 radical (unpaired) electrons. The number of hydrogen-bond donors (Lipinski definition) is 2. The molecule has 2 aromatic rings. The van der Waals surface area contributed by atoms with Crippen LogP contribution in [0.4, 0.5) is 0 Å². The molecule has 28 heavy (non-hydrogen) atoms. The summed E-state index contributed by atoms with van der Waals surface area (Å²) in [6, 6.07) is 16.6. The van der Waals surface area contributed by atoms with Gasteiger partial charge in [0, 0.05) is 12.5 Å². The molecule has 4 rings (SSSR count). The molecule has 5 heteroatoms. The Hall–Kier alpha value is -1.88. The summed E-state index contributed by atoms with van der Waals surface area (Å²) in [7, 11) is 1.78. The molecular weight excluding hydrogens is 372 g/mol. The lowest BCUT2D eigenvalue weighted by Gasteiger charge is -2.40. The van der Waals surface area contributed by atoms with Crippen LogP contribution >= 0.6 is 12.4 Å². The van der Waals surface area contributed by atoms with Crippen molar-refractivity contribution in [1.82, 2.24) is 10.6 Å². The van der Waals surface area contributed by atoms with Crippen LogP contribution in [0.1, 0.15) is 41.1 Å². The summed E-state index contributed by atoms with van der Waals surface area (Å²) in [5.74, 6) is 0.0495. The van der Waals surface area contributed by atoms with E-state index in [0.29, 0.717) is 6.42 Å². The first-order valence-corrected chi connectivity index (χ1v) is 9.82. The van der Waals surface area contributed by atoms with Crippen molar-refractivity contribution in [1.29, 1.82) is 0 Å². The van der Waals surface area contributed by atoms with E-state index in [0.717, 1.165) is 31.5 Å². The van der Waals surface area contributed by atoms with Crippen LogP contribution in [0.5, 0.6) is 0 Å². The number of ether oxygens (including phenoxy) is 1. The zero-order chi connectivity index (χ0) is 18.9. The van der Waals surface area contributed by atoms with Gasteiger partial charge in [0.05, 0.1) is 18.6 Å². The van der Waals surface area contributed by atoms with E-state index in [-0.39, 0.29) is 35.9 Å². The van der Waals surface area contributed by atoms with Crippen molar-refractivity contribution in [2.24, 2.45) is 0 Å². The molecule has 1 heterocycles. The largest absolute Gasteiger partial charge is 0.378 e. The molecule has 4 nitrogen and oxygen atoms in total. The van der Waals surface area contributed by atoms with Crippen molar-refractivity contribution in [3.8, 4) is 0 Å². The predicted molar refractivity (Wildman–Crippen MR) is 114 cm³/mol. The van der Waals surface area contributed by atoms with E-state index in [1.165, 1.54) is 16.7 Å². The number of carbonyl (C=O) groups excluding carboxylic acids is 1. The minimum absolute atomic E-state index is 0. The summed E-state index contributed by atoms with van der Waals surface area (Å²) >= 11 is 0. The number of benzene rings is 2. The van der Waals surface area contributed by atoms with Crippen molar-refractivity contribution in [2.75, 3.05) is 20.2 Å². The highest BCUT2D eigenvalue weighted by atomic mass is 35.5. The molecule has 2 N–H and O–H groups in total. The Morgan fingerprint density at radius 3 is 2.64 bits per heavy atom. The lowest BCUT2D eigenvalue weighted by molar-refractivity contribution is -0.122. The van der Waals surface area contributed by atoms with Crippen molar-refractivity contribution in [2.45, 2.75) is 43.7 Å². The van der Waals surface area contributed by atoms with Gasteiger partial charge in [-0.05, 0) is 49.5 Å². The lowest BCUT2D eigenvalue weighted by Crippen LogP contribution is -2.49. The molecule has 150 valence electrons. The van der Waals surface area contributed by atoms with Gasteiger partial charge in [-0.25, -0.2) is 0 Å². The van der Waals surface area contributed by atoms with Crippen LogP contribution in [-0.4, -0.2) is 32.2 Å². The third kappa shape index (κ3) is 3.69. The normalized spacial score (nSPS) is 22.4. The molecule has 2 aliphatic rings. The molecule has 1 amide bonds. The van der Waals surface area contributed by atoms with Crippen LogP contribution in [0.15, 0.2) is 48.5 Å². The Morgan fingerprint density at radius 1 is 1.18 bits per heavy atom. The van der Waals surface area contributed by atoms with Gasteiger partial charge in [0.15, 0.2) is 0 Å². The maximum atomic E-state index is 12.8. The zero-order valence-electron chi connectivity index (χ0n) is 16.5. The van der Waals surface area contributed by atoms with E-state index in [4.69, 9.17) is 4.74 Å². The lowest BCUT2D eigenvalue weighted by atomic mass is 9.72. The zero-order valence-corrected chi connectivity index (χ0v) is 17.4. The average molecular weight is 401 g/mol. The average Bonchev–Trinajstić information content (AvgIpc) is 2.91. The maximum Gasteiger partial charge on any atom is 0.224 e. The van der Waals surface area contributed by atoms with Gasteiger partial charge in [-0.3, -0.25) is 4.79 Å². The second kappa shape index (κ2) is 8.64. The molecule has 1 spiro atoms. The van der Waals surface area contributed by atoms with Gasteiger partial charge in [-0.1, -0.05) is 54.1 Å².